The van der Waals surface area contributed by atoms with Gasteiger partial charge in [-0.1, -0.05) is 6.07 Å². The first kappa shape index (κ1) is 13.5. The lowest BCUT2D eigenvalue weighted by molar-refractivity contribution is -0.116. The Kier molecular flexibility index (Phi) is 3.29. The third kappa shape index (κ3) is 2.69. The van der Waals surface area contributed by atoms with E-state index >= 15 is 0 Å². The summed E-state index contributed by atoms with van der Waals surface area (Å²) in [4.78, 5) is 24.2. The number of anilines is 2. The van der Waals surface area contributed by atoms with E-state index in [2.05, 4.69) is 5.32 Å². The molecule has 2 aromatic rings. The average molecular weight is 286 g/mol. The molecule has 6 heteroatoms. The van der Waals surface area contributed by atoms with Crippen LogP contribution < -0.4 is 16.7 Å². The summed E-state index contributed by atoms with van der Waals surface area (Å²) >= 11 is 0. The van der Waals surface area contributed by atoms with Gasteiger partial charge in [0.15, 0.2) is 0 Å². The number of hydrogen-bond donors (Lipinski definition) is 2. The number of benzene rings is 1. The van der Waals surface area contributed by atoms with Gasteiger partial charge in [0.05, 0.1) is 0 Å². The smallest absolute Gasteiger partial charge is 0.328 e. The van der Waals surface area contributed by atoms with Gasteiger partial charge in [-0.15, -0.1) is 0 Å². The summed E-state index contributed by atoms with van der Waals surface area (Å²) in [6.45, 7) is 1.85. The maximum Gasteiger partial charge on any atom is 0.328 e. The van der Waals surface area contributed by atoms with Crippen LogP contribution in [0.15, 0.2) is 35.4 Å². The van der Waals surface area contributed by atoms with Gasteiger partial charge in [0.25, 0.3) is 0 Å². The lowest BCUT2D eigenvalue weighted by atomic mass is 10.1. The number of nitrogens with zero attached hydrogens (tertiary/aromatic N) is 2. The standard InChI is InChI=1S/C15H18N4O2/c1-10-12(16)3-2-4-13(10)17-14(20)9-18-7-8-19(15(18)21)11-5-6-11/h2-4,7-8,11H,5-6,9,16H2,1H3,(H,17,20). The maximum absolute atomic E-state index is 12.1. The summed E-state index contributed by atoms with van der Waals surface area (Å²) in [6.07, 6.45) is 5.49. The molecule has 0 bridgehead atoms. The molecule has 3 rings (SSSR count). The number of amides is 1. The molecule has 0 radical (unpaired) electrons. The van der Waals surface area contributed by atoms with Crippen molar-refractivity contribution >= 4 is 17.3 Å². The van der Waals surface area contributed by atoms with Crippen molar-refractivity contribution in [3.8, 4) is 0 Å². The topological polar surface area (TPSA) is 82.0 Å². The Morgan fingerprint density at radius 2 is 2.14 bits per heavy atom. The Hall–Kier alpha value is -2.50. The maximum atomic E-state index is 12.1. The molecule has 1 aromatic heterocycles. The third-order valence-electron chi connectivity index (χ3n) is 3.78. The van der Waals surface area contributed by atoms with Crippen LogP contribution in [0, 0.1) is 6.92 Å². The SMILES string of the molecule is Cc1c(N)cccc1NC(=O)Cn1ccn(C2CC2)c1=O. The number of nitrogens with two attached hydrogens (primary N) is 1. The highest BCUT2D eigenvalue weighted by Crippen LogP contribution is 2.33. The molecule has 110 valence electrons. The first-order valence-corrected chi connectivity index (χ1v) is 6.98. The van der Waals surface area contributed by atoms with E-state index in [1.807, 2.05) is 6.92 Å². The number of hydrogen-bond acceptors (Lipinski definition) is 3. The van der Waals surface area contributed by atoms with Gasteiger partial charge in [0.2, 0.25) is 5.91 Å². The fraction of sp³-hybridized carbons (Fsp3) is 0.333. The molecule has 1 amide bonds. The van der Waals surface area contributed by atoms with E-state index in [9.17, 15) is 9.59 Å². The second-order valence-corrected chi connectivity index (χ2v) is 5.42. The molecule has 3 N–H and O–H groups in total. The van der Waals surface area contributed by atoms with Crippen molar-refractivity contribution in [2.24, 2.45) is 0 Å². The van der Waals surface area contributed by atoms with Crippen molar-refractivity contribution < 1.29 is 4.79 Å². The van der Waals surface area contributed by atoms with Crippen molar-refractivity contribution in [2.45, 2.75) is 32.4 Å². The van der Waals surface area contributed by atoms with Gasteiger partial charge in [-0.05, 0) is 37.5 Å². The number of nitrogen functional groups attached to an aromatic ring is 1. The zero-order chi connectivity index (χ0) is 15.0. The molecule has 1 aliphatic rings. The van der Waals surface area contributed by atoms with Crippen LogP contribution in [-0.4, -0.2) is 15.0 Å². The summed E-state index contributed by atoms with van der Waals surface area (Å²) in [5, 5.41) is 2.79. The summed E-state index contributed by atoms with van der Waals surface area (Å²) < 4.78 is 3.12. The minimum absolute atomic E-state index is 0.00674. The first-order chi connectivity index (χ1) is 10.1. The van der Waals surface area contributed by atoms with Gasteiger partial charge in [-0.25, -0.2) is 4.79 Å². The summed E-state index contributed by atoms with van der Waals surface area (Å²) in [5.74, 6) is -0.237. The second-order valence-electron chi connectivity index (χ2n) is 5.42. The van der Waals surface area contributed by atoms with Crippen molar-refractivity contribution in [2.75, 3.05) is 11.1 Å². The van der Waals surface area contributed by atoms with Crippen LogP contribution in [0.4, 0.5) is 11.4 Å². The van der Waals surface area contributed by atoms with Gasteiger partial charge in [0, 0.05) is 29.8 Å². The van der Waals surface area contributed by atoms with Crippen molar-refractivity contribution in [3.05, 3.63) is 46.6 Å². The largest absolute Gasteiger partial charge is 0.398 e. The third-order valence-corrected chi connectivity index (χ3v) is 3.78. The molecule has 1 fully saturated rings. The van der Waals surface area contributed by atoms with Crippen LogP contribution in [0.25, 0.3) is 0 Å². The Morgan fingerprint density at radius 1 is 1.38 bits per heavy atom. The second kappa shape index (κ2) is 5.12. The average Bonchev–Trinajstić information content (AvgIpc) is 3.22. The molecule has 0 atom stereocenters. The molecule has 6 nitrogen and oxygen atoms in total. The highest BCUT2D eigenvalue weighted by atomic mass is 16.2. The molecule has 0 aliphatic heterocycles. The van der Waals surface area contributed by atoms with Crippen LogP contribution >= 0.6 is 0 Å². The predicted molar refractivity (Wildman–Crippen MR) is 81.2 cm³/mol. The molecule has 1 heterocycles. The minimum atomic E-state index is -0.237. The number of carbonyl (C=O) groups excluding carboxylic acids is 1. The van der Waals surface area contributed by atoms with Gasteiger partial charge in [-0.3, -0.25) is 13.9 Å². The van der Waals surface area contributed by atoms with Crippen LogP contribution in [0.1, 0.15) is 24.4 Å². The van der Waals surface area contributed by atoms with Crippen molar-refractivity contribution in [1.29, 1.82) is 0 Å². The Balaban J connectivity index is 1.72. The summed E-state index contributed by atoms with van der Waals surface area (Å²) in [5.41, 5.74) is 7.81. The highest BCUT2D eigenvalue weighted by molar-refractivity contribution is 5.92. The normalized spacial score (nSPS) is 14.1. The van der Waals surface area contributed by atoms with Crippen LogP contribution in [0.5, 0.6) is 0 Å². The van der Waals surface area contributed by atoms with E-state index in [1.54, 1.807) is 35.2 Å². The Morgan fingerprint density at radius 3 is 2.86 bits per heavy atom. The zero-order valence-corrected chi connectivity index (χ0v) is 11.9. The Labute approximate surface area is 122 Å². The van der Waals surface area contributed by atoms with E-state index in [1.165, 1.54) is 4.57 Å². The summed E-state index contributed by atoms with van der Waals surface area (Å²) in [6, 6.07) is 5.68. The monoisotopic (exact) mass is 286 g/mol. The van der Waals surface area contributed by atoms with E-state index in [0.717, 1.165) is 18.4 Å². The number of nitrogens with one attached hydrogen (secondary N) is 1. The van der Waals surface area contributed by atoms with E-state index in [-0.39, 0.29) is 18.1 Å². The number of carbonyl (C=O) groups is 1. The van der Waals surface area contributed by atoms with Crippen LogP contribution in [-0.2, 0) is 11.3 Å². The van der Waals surface area contributed by atoms with E-state index < -0.39 is 0 Å². The van der Waals surface area contributed by atoms with Gasteiger partial charge >= 0.3 is 5.69 Å². The quantitative estimate of drug-likeness (QED) is 0.836. The van der Waals surface area contributed by atoms with Crippen molar-refractivity contribution in [3.63, 3.8) is 0 Å². The summed E-state index contributed by atoms with van der Waals surface area (Å²) in [7, 11) is 0. The highest BCUT2D eigenvalue weighted by Gasteiger charge is 2.25. The first-order valence-electron chi connectivity index (χ1n) is 6.98. The Bertz CT molecular complexity index is 740. The molecule has 1 aromatic carbocycles. The predicted octanol–water partition coefficient (Wildman–Crippen LogP) is 1.51. The molecule has 0 saturated heterocycles. The zero-order valence-electron chi connectivity index (χ0n) is 11.9. The molecular weight excluding hydrogens is 268 g/mol. The molecule has 1 aliphatic carbocycles. The lowest BCUT2D eigenvalue weighted by Gasteiger charge is -2.10. The molecule has 0 unspecified atom stereocenters. The van der Waals surface area contributed by atoms with Gasteiger partial charge in [-0.2, -0.15) is 0 Å². The van der Waals surface area contributed by atoms with E-state index in [0.29, 0.717) is 17.4 Å². The number of rotatable bonds is 4. The fourth-order valence-electron chi connectivity index (χ4n) is 2.31. The molecule has 0 spiro atoms. The molecular formula is C15H18N4O2. The van der Waals surface area contributed by atoms with Crippen LogP contribution in [0.3, 0.4) is 0 Å². The minimum Gasteiger partial charge on any atom is -0.398 e. The van der Waals surface area contributed by atoms with E-state index in [4.69, 9.17) is 5.73 Å². The van der Waals surface area contributed by atoms with Crippen LogP contribution in [0.2, 0.25) is 0 Å². The lowest BCUT2D eigenvalue weighted by Crippen LogP contribution is -2.29. The molecule has 21 heavy (non-hydrogen) atoms. The van der Waals surface area contributed by atoms with Crippen molar-refractivity contribution in [1.82, 2.24) is 9.13 Å². The fourth-order valence-corrected chi connectivity index (χ4v) is 2.31. The van der Waals surface area contributed by atoms with Gasteiger partial charge in [0.1, 0.15) is 6.54 Å². The number of aromatic nitrogens is 2. The van der Waals surface area contributed by atoms with Gasteiger partial charge < -0.3 is 11.1 Å². The molecule has 1 saturated carbocycles. The number of imidazole rings is 1.